The predicted octanol–water partition coefficient (Wildman–Crippen LogP) is 11.6. The van der Waals surface area contributed by atoms with Gasteiger partial charge < -0.3 is 0 Å². The molecule has 1 heterocycles. The highest BCUT2D eigenvalue weighted by Gasteiger charge is 2.32. The second-order valence-electron chi connectivity index (χ2n) is 12.2. The highest BCUT2D eigenvalue weighted by Crippen LogP contribution is 2.49. The smallest absolute Gasteiger partial charge is 0.188 e. The van der Waals surface area contributed by atoms with Crippen molar-refractivity contribution in [3.05, 3.63) is 152 Å². The molecule has 0 radical (unpaired) electrons. The Morgan fingerprint density at radius 1 is 0.511 bits per heavy atom. The molecule has 0 saturated heterocycles. The number of sulfone groups is 1. The maximum atomic E-state index is 13.5. The molecule has 8 rings (SSSR count). The molecule has 6 aromatic carbocycles. The van der Waals surface area contributed by atoms with E-state index in [1.165, 1.54) is 46.0 Å². The van der Waals surface area contributed by atoms with Crippen molar-refractivity contribution in [1.82, 2.24) is 0 Å². The van der Waals surface area contributed by atoms with Crippen LogP contribution in [0.15, 0.2) is 171 Å². The fourth-order valence-electron chi connectivity index (χ4n) is 6.99. The van der Waals surface area contributed by atoms with Crippen molar-refractivity contribution in [2.24, 2.45) is 0 Å². The Morgan fingerprint density at radius 2 is 1.13 bits per heavy atom. The Balaban J connectivity index is 1.21. The van der Waals surface area contributed by atoms with Crippen LogP contribution in [0.3, 0.4) is 0 Å². The SMILES string of the molecule is O=S(=O)(c1ccc([S+](c2ccccc2)c2cccc(-c3ccc4c5ccccc5[s+](-c5ccccc5)c4c3)c2)cc1)C1CCCCC1. The van der Waals surface area contributed by atoms with E-state index in [0.717, 1.165) is 37.0 Å². The van der Waals surface area contributed by atoms with E-state index in [9.17, 15) is 8.42 Å². The van der Waals surface area contributed by atoms with Gasteiger partial charge in [-0.15, -0.1) is 0 Å². The standard InChI is InChI=1S/C42H36O2S3/c43-47(44,37-19-8-3-9-20-37)38-26-24-35(25-27-38)45(33-14-4-1-5-15-33)36-18-12-13-31(29-36)32-23-28-40-39-21-10-11-22-41(39)46(42(40)30-32)34-16-6-2-7-17-34/h1-2,4-7,10-18,21-30,37H,3,8-9,19-20H2/q+2. The minimum Gasteiger partial charge on any atom is -0.223 e. The van der Waals surface area contributed by atoms with Crippen LogP contribution < -0.4 is 0 Å². The van der Waals surface area contributed by atoms with Crippen LogP contribution in [0.5, 0.6) is 0 Å². The van der Waals surface area contributed by atoms with Crippen LogP contribution in [0, 0.1) is 0 Å². The van der Waals surface area contributed by atoms with Crippen molar-refractivity contribution >= 4 is 51.4 Å². The zero-order chi connectivity index (χ0) is 31.8. The van der Waals surface area contributed by atoms with E-state index in [-0.39, 0.29) is 15.7 Å². The van der Waals surface area contributed by atoms with E-state index in [2.05, 4.69) is 121 Å². The van der Waals surface area contributed by atoms with Crippen LogP contribution in [0.2, 0.25) is 0 Å². The minimum absolute atomic E-state index is 0.157. The summed E-state index contributed by atoms with van der Waals surface area (Å²) in [7, 11) is -3.88. The normalized spacial score (nSPS) is 15.2. The zero-order valence-electron chi connectivity index (χ0n) is 26.1. The Kier molecular flexibility index (Phi) is 8.22. The van der Waals surface area contributed by atoms with E-state index in [4.69, 9.17) is 0 Å². The first-order chi connectivity index (χ1) is 23.1. The molecule has 2 nitrogen and oxygen atoms in total. The summed E-state index contributed by atoms with van der Waals surface area (Å²) in [5.74, 6) is 0. The van der Waals surface area contributed by atoms with Gasteiger partial charge in [0, 0.05) is 33.4 Å². The van der Waals surface area contributed by atoms with E-state index >= 15 is 0 Å². The first-order valence-electron chi connectivity index (χ1n) is 16.3. The molecule has 0 amide bonds. The number of thiophene rings is 1. The zero-order valence-corrected chi connectivity index (χ0v) is 28.5. The fourth-order valence-corrected chi connectivity index (χ4v) is 13.4. The Hall–Kier alpha value is -4.16. The molecule has 1 fully saturated rings. The van der Waals surface area contributed by atoms with Crippen molar-refractivity contribution in [2.45, 2.75) is 56.9 Å². The van der Waals surface area contributed by atoms with Crippen LogP contribution in [0.1, 0.15) is 32.1 Å². The highest BCUT2D eigenvalue weighted by atomic mass is 32.2. The molecule has 0 N–H and O–H groups in total. The summed E-state index contributed by atoms with van der Waals surface area (Å²) in [6.45, 7) is 0. The van der Waals surface area contributed by atoms with Gasteiger partial charge in [0.2, 0.25) is 0 Å². The second-order valence-corrected chi connectivity index (χ2v) is 18.5. The number of rotatable bonds is 7. The van der Waals surface area contributed by atoms with Gasteiger partial charge in [-0.3, -0.25) is 0 Å². The molecule has 0 bridgehead atoms. The molecule has 1 aliphatic rings. The van der Waals surface area contributed by atoms with Crippen molar-refractivity contribution in [2.75, 3.05) is 0 Å². The maximum Gasteiger partial charge on any atom is 0.188 e. The van der Waals surface area contributed by atoms with Gasteiger partial charge in [0.15, 0.2) is 38.8 Å². The minimum atomic E-state index is -3.32. The Labute approximate surface area is 283 Å². The summed E-state index contributed by atoms with van der Waals surface area (Å²) in [5.41, 5.74) is 2.39. The number of benzene rings is 6. The summed E-state index contributed by atoms with van der Waals surface area (Å²) in [5, 5.41) is 2.39. The summed E-state index contributed by atoms with van der Waals surface area (Å²) in [4.78, 5) is 5.33. The molecule has 232 valence electrons. The van der Waals surface area contributed by atoms with Crippen LogP contribution >= 0.6 is 10.5 Å². The van der Waals surface area contributed by atoms with Gasteiger partial charge in [-0.2, -0.15) is 0 Å². The first-order valence-corrected chi connectivity index (χ1v) is 20.3. The van der Waals surface area contributed by atoms with Crippen molar-refractivity contribution < 1.29 is 8.42 Å². The van der Waals surface area contributed by atoms with E-state index in [1.54, 1.807) is 0 Å². The van der Waals surface area contributed by atoms with E-state index < -0.39 is 20.7 Å². The van der Waals surface area contributed by atoms with Gasteiger partial charge in [0.1, 0.15) is 0 Å². The summed E-state index contributed by atoms with van der Waals surface area (Å²) in [6, 6.07) is 53.9. The summed E-state index contributed by atoms with van der Waals surface area (Å²) < 4.78 is 29.7. The quantitative estimate of drug-likeness (QED) is 0.158. The van der Waals surface area contributed by atoms with Crippen molar-refractivity contribution in [3.63, 3.8) is 0 Å². The van der Waals surface area contributed by atoms with Gasteiger partial charge in [-0.25, -0.2) is 8.42 Å². The molecule has 1 saturated carbocycles. The molecule has 2 atom stereocenters. The summed E-state index contributed by atoms with van der Waals surface area (Å²) in [6.07, 6.45) is 4.68. The maximum absolute atomic E-state index is 13.5. The van der Waals surface area contributed by atoms with Crippen LogP contribution in [-0.4, -0.2) is 13.7 Å². The van der Waals surface area contributed by atoms with Crippen LogP contribution in [0.25, 0.3) is 36.2 Å². The number of hydrogen-bond acceptors (Lipinski definition) is 2. The molecule has 0 aliphatic heterocycles. The number of hydrogen-bond donors (Lipinski definition) is 0. The Morgan fingerprint density at radius 3 is 1.89 bits per heavy atom. The molecular formula is C42H36O2S3+2. The van der Waals surface area contributed by atoms with Gasteiger partial charge in [-0.05, 0) is 96.8 Å². The third kappa shape index (κ3) is 5.71. The summed E-state index contributed by atoms with van der Waals surface area (Å²) >= 11 is 0. The molecule has 47 heavy (non-hydrogen) atoms. The van der Waals surface area contributed by atoms with E-state index in [0.29, 0.717) is 4.90 Å². The lowest BCUT2D eigenvalue weighted by Gasteiger charge is -2.21. The van der Waals surface area contributed by atoms with Gasteiger partial charge in [-0.1, -0.05) is 86.0 Å². The second kappa shape index (κ2) is 12.8. The molecule has 1 aliphatic carbocycles. The highest BCUT2D eigenvalue weighted by molar-refractivity contribution is 7.97. The van der Waals surface area contributed by atoms with Crippen molar-refractivity contribution in [3.8, 4) is 16.0 Å². The van der Waals surface area contributed by atoms with E-state index in [1.807, 2.05) is 30.3 Å². The average Bonchev–Trinajstić information content (AvgIpc) is 3.47. The van der Waals surface area contributed by atoms with Crippen molar-refractivity contribution in [1.29, 1.82) is 0 Å². The van der Waals surface area contributed by atoms with Gasteiger partial charge in [0.05, 0.1) is 21.0 Å². The molecule has 0 spiro atoms. The van der Waals surface area contributed by atoms with Gasteiger partial charge >= 0.3 is 0 Å². The molecule has 5 heteroatoms. The molecule has 7 aromatic rings. The lowest BCUT2D eigenvalue weighted by molar-refractivity contribution is 0.483. The molecule has 1 aromatic heterocycles. The average molecular weight is 669 g/mol. The lowest BCUT2D eigenvalue weighted by atomic mass is 10.0. The van der Waals surface area contributed by atoms with Crippen LogP contribution in [-0.2, 0) is 20.7 Å². The first kappa shape index (κ1) is 30.2. The number of fused-ring (bicyclic) bond motifs is 3. The third-order valence-corrected chi connectivity index (χ3v) is 16.1. The molecule has 2 unspecified atom stereocenters. The Bertz CT molecular complexity index is 2280. The fraction of sp³-hybridized carbons (Fsp3) is 0.143. The topological polar surface area (TPSA) is 34.1 Å². The van der Waals surface area contributed by atoms with Crippen LogP contribution in [0.4, 0.5) is 0 Å². The monoisotopic (exact) mass is 668 g/mol. The third-order valence-electron chi connectivity index (χ3n) is 9.34. The lowest BCUT2D eigenvalue weighted by Crippen LogP contribution is -2.24. The van der Waals surface area contributed by atoms with Gasteiger partial charge in [0.25, 0.3) is 0 Å². The predicted molar refractivity (Wildman–Crippen MR) is 200 cm³/mol. The largest absolute Gasteiger partial charge is 0.223 e. The molecular weight excluding hydrogens is 633 g/mol.